The highest BCUT2D eigenvalue weighted by molar-refractivity contribution is 5.09. The molecule has 0 saturated heterocycles. The Hall–Kier alpha value is -0.380. The second-order valence-corrected chi connectivity index (χ2v) is 5.44. The van der Waals surface area contributed by atoms with Crippen molar-refractivity contribution in [2.24, 2.45) is 11.8 Å². The first-order valence-electron chi connectivity index (χ1n) is 6.56. The van der Waals surface area contributed by atoms with Crippen LogP contribution >= 0.6 is 0 Å². The molecular formula is C14H27NO2. The Kier molecular flexibility index (Phi) is 6.17. The highest BCUT2D eigenvalue weighted by Gasteiger charge is 2.23. The molecule has 1 aliphatic carbocycles. The van der Waals surface area contributed by atoms with E-state index in [2.05, 4.69) is 31.9 Å². The Morgan fingerprint density at radius 3 is 2.88 bits per heavy atom. The topological polar surface area (TPSA) is 32.7 Å². The molecule has 0 heterocycles. The zero-order valence-corrected chi connectivity index (χ0v) is 11.6. The van der Waals surface area contributed by atoms with Crippen LogP contribution in [0.15, 0.2) is 11.6 Å². The number of nitrogens with zero attached hydrogens (tertiary/aromatic N) is 1. The lowest BCUT2D eigenvalue weighted by Gasteiger charge is -2.33. The molecule has 17 heavy (non-hydrogen) atoms. The smallest absolute Gasteiger partial charge is 0.0899 e. The van der Waals surface area contributed by atoms with Crippen LogP contribution in [-0.2, 0) is 4.74 Å². The Bertz CT molecular complexity index is 253. The van der Waals surface area contributed by atoms with Crippen molar-refractivity contribution in [3.8, 4) is 0 Å². The van der Waals surface area contributed by atoms with Crippen LogP contribution in [-0.4, -0.2) is 50.0 Å². The zero-order chi connectivity index (χ0) is 12.8. The number of allylic oxidation sites excluding steroid dienone is 1. The van der Waals surface area contributed by atoms with Crippen LogP contribution in [0.4, 0.5) is 0 Å². The molecule has 0 unspecified atom stereocenters. The van der Waals surface area contributed by atoms with Gasteiger partial charge in [-0.25, -0.2) is 0 Å². The van der Waals surface area contributed by atoms with Gasteiger partial charge in [0.25, 0.3) is 0 Å². The molecule has 0 aliphatic heterocycles. The van der Waals surface area contributed by atoms with E-state index in [0.29, 0.717) is 19.1 Å². The van der Waals surface area contributed by atoms with Gasteiger partial charge in [0.1, 0.15) is 0 Å². The summed E-state index contributed by atoms with van der Waals surface area (Å²) in [4.78, 5) is 2.22. The van der Waals surface area contributed by atoms with Gasteiger partial charge in [0.2, 0.25) is 0 Å². The minimum absolute atomic E-state index is 0.381. The van der Waals surface area contributed by atoms with E-state index in [1.807, 2.05) is 0 Å². The van der Waals surface area contributed by atoms with Crippen LogP contribution in [0.2, 0.25) is 0 Å². The first-order chi connectivity index (χ1) is 8.04. The van der Waals surface area contributed by atoms with Crippen molar-refractivity contribution in [1.29, 1.82) is 0 Å². The number of hydrogen-bond donors (Lipinski definition) is 1. The fourth-order valence-electron chi connectivity index (χ4n) is 2.71. The van der Waals surface area contributed by atoms with Gasteiger partial charge in [-0.1, -0.05) is 18.6 Å². The average Bonchev–Trinajstić information content (AvgIpc) is 2.24. The standard InChI is InChI=1S/C14H27NO2/c1-11-6-5-7-12(2)14(11)9-15(3)8-13(16)10-17-4/h6,12-14,16H,5,7-10H2,1-4H3/t12-,13-,14-/m1/s1. The molecule has 3 atom stereocenters. The maximum Gasteiger partial charge on any atom is 0.0899 e. The number of hydrogen-bond acceptors (Lipinski definition) is 3. The second kappa shape index (κ2) is 7.14. The third-order valence-electron chi connectivity index (χ3n) is 3.75. The SMILES string of the molecule is COC[C@H](O)CN(C)C[C@@H]1C(C)=CCC[C@H]1C. The quantitative estimate of drug-likeness (QED) is 0.721. The van der Waals surface area contributed by atoms with Gasteiger partial charge in [-0.15, -0.1) is 0 Å². The van der Waals surface area contributed by atoms with Crippen molar-refractivity contribution in [2.45, 2.75) is 32.8 Å². The lowest BCUT2D eigenvalue weighted by atomic mass is 9.80. The molecule has 1 rings (SSSR count). The molecule has 3 heteroatoms. The number of methoxy groups -OCH3 is 1. The molecule has 3 nitrogen and oxygen atoms in total. The fourth-order valence-corrected chi connectivity index (χ4v) is 2.71. The molecule has 0 amide bonds. The number of ether oxygens (including phenoxy) is 1. The number of rotatable bonds is 6. The molecule has 100 valence electrons. The lowest BCUT2D eigenvalue weighted by Crippen LogP contribution is -2.37. The van der Waals surface area contributed by atoms with Crippen molar-refractivity contribution < 1.29 is 9.84 Å². The van der Waals surface area contributed by atoms with Gasteiger partial charge in [0.05, 0.1) is 12.7 Å². The van der Waals surface area contributed by atoms with Crippen LogP contribution in [0.1, 0.15) is 26.7 Å². The van der Waals surface area contributed by atoms with E-state index in [1.165, 1.54) is 18.4 Å². The van der Waals surface area contributed by atoms with E-state index in [1.54, 1.807) is 7.11 Å². The summed E-state index contributed by atoms with van der Waals surface area (Å²) >= 11 is 0. The molecule has 0 saturated carbocycles. The van der Waals surface area contributed by atoms with Crippen LogP contribution in [0, 0.1) is 11.8 Å². The van der Waals surface area contributed by atoms with E-state index >= 15 is 0 Å². The monoisotopic (exact) mass is 241 g/mol. The molecule has 0 fully saturated rings. The van der Waals surface area contributed by atoms with Crippen LogP contribution in [0.5, 0.6) is 0 Å². The predicted molar refractivity (Wildman–Crippen MR) is 71.0 cm³/mol. The van der Waals surface area contributed by atoms with Gasteiger partial charge in [-0.05, 0) is 38.6 Å². The van der Waals surface area contributed by atoms with Crippen molar-refractivity contribution in [3.05, 3.63) is 11.6 Å². The van der Waals surface area contributed by atoms with Crippen molar-refractivity contribution in [1.82, 2.24) is 4.90 Å². The first kappa shape index (κ1) is 14.7. The fraction of sp³-hybridized carbons (Fsp3) is 0.857. The maximum absolute atomic E-state index is 9.70. The summed E-state index contributed by atoms with van der Waals surface area (Å²) in [7, 11) is 3.70. The number of aliphatic hydroxyl groups is 1. The Morgan fingerprint density at radius 1 is 1.59 bits per heavy atom. The molecular weight excluding hydrogens is 214 g/mol. The van der Waals surface area contributed by atoms with E-state index in [9.17, 15) is 5.11 Å². The molecule has 0 bridgehead atoms. The van der Waals surface area contributed by atoms with Gasteiger partial charge in [-0.3, -0.25) is 0 Å². The minimum atomic E-state index is -0.381. The van der Waals surface area contributed by atoms with Crippen molar-refractivity contribution in [2.75, 3.05) is 33.9 Å². The van der Waals surface area contributed by atoms with Gasteiger partial charge in [0.15, 0.2) is 0 Å². The normalized spacial score (nSPS) is 27.1. The van der Waals surface area contributed by atoms with Crippen LogP contribution in [0.25, 0.3) is 0 Å². The summed E-state index contributed by atoms with van der Waals surface area (Å²) in [6.45, 7) is 6.70. The minimum Gasteiger partial charge on any atom is -0.389 e. The summed E-state index contributed by atoms with van der Waals surface area (Å²) in [5, 5.41) is 9.70. The summed E-state index contributed by atoms with van der Waals surface area (Å²) in [6.07, 6.45) is 4.49. The van der Waals surface area contributed by atoms with E-state index in [4.69, 9.17) is 4.74 Å². The second-order valence-electron chi connectivity index (χ2n) is 5.44. The Labute approximate surface area is 105 Å². The third kappa shape index (κ3) is 4.78. The first-order valence-corrected chi connectivity index (χ1v) is 6.56. The van der Waals surface area contributed by atoms with E-state index in [0.717, 1.165) is 12.5 Å². The number of likely N-dealkylation sites (N-methyl/N-ethyl adjacent to an activating group) is 1. The van der Waals surface area contributed by atoms with Gasteiger partial charge < -0.3 is 14.7 Å². The summed E-state index contributed by atoms with van der Waals surface area (Å²) < 4.78 is 4.95. The molecule has 0 aromatic carbocycles. The predicted octanol–water partition coefficient (Wildman–Crippen LogP) is 1.92. The lowest BCUT2D eigenvalue weighted by molar-refractivity contribution is 0.0395. The molecule has 0 aromatic rings. The summed E-state index contributed by atoms with van der Waals surface area (Å²) in [6, 6.07) is 0. The van der Waals surface area contributed by atoms with E-state index in [-0.39, 0.29) is 6.10 Å². The molecule has 1 aliphatic rings. The zero-order valence-electron chi connectivity index (χ0n) is 11.6. The Morgan fingerprint density at radius 2 is 2.29 bits per heavy atom. The molecule has 0 aromatic heterocycles. The highest BCUT2D eigenvalue weighted by Crippen LogP contribution is 2.30. The van der Waals surface area contributed by atoms with Crippen molar-refractivity contribution in [3.63, 3.8) is 0 Å². The molecule has 1 N–H and O–H groups in total. The van der Waals surface area contributed by atoms with E-state index < -0.39 is 0 Å². The highest BCUT2D eigenvalue weighted by atomic mass is 16.5. The average molecular weight is 241 g/mol. The van der Waals surface area contributed by atoms with Gasteiger partial charge >= 0.3 is 0 Å². The van der Waals surface area contributed by atoms with Crippen molar-refractivity contribution >= 4 is 0 Å². The maximum atomic E-state index is 9.70. The van der Waals surface area contributed by atoms with Gasteiger partial charge in [0, 0.05) is 20.2 Å². The third-order valence-corrected chi connectivity index (χ3v) is 3.75. The van der Waals surface area contributed by atoms with Gasteiger partial charge in [-0.2, -0.15) is 0 Å². The largest absolute Gasteiger partial charge is 0.389 e. The van der Waals surface area contributed by atoms with Crippen LogP contribution in [0.3, 0.4) is 0 Å². The van der Waals surface area contributed by atoms with Crippen LogP contribution < -0.4 is 0 Å². The molecule has 0 spiro atoms. The number of aliphatic hydroxyl groups excluding tert-OH is 1. The Balaban J connectivity index is 2.41. The summed E-state index contributed by atoms with van der Waals surface area (Å²) in [5.41, 5.74) is 1.51. The summed E-state index contributed by atoms with van der Waals surface area (Å²) in [5.74, 6) is 1.39. The molecule has 0 radical (unpaired) electrons.